The Labute approximate surface area is 607 Å². The van der Waals surface area contributed by atoms with Gasteiger partial charge in [-0.05, 0) is 49.4 Å². The molecule has 6 atom stereocenters. The Morgan fingerprint density at radius 3 is 0.717 bits per heavy atom. The van der Waals surface area contributed by atoms with E-state index in [1.807, 2.05) is 0 Å². The van der Waals surface area contributed by atoms with Crippen molar-refractivity contribution in [3.63, 3.8) is 0 Å². The van der Waals surface area contributed by atoms with Gasteiger partial charge in [-0.15, -0.1) is 0 Å². The molecule has 19 heteroatoms. The van der Waals surface area contributed by atoms with Gasteiger partial charge in [0.15, 0.2) is 12.2 Å². The Balaban J connectivity index is 5.22. The zero-order chi connectivity index (χ0) is 73.1. The summed E-state index contributed by atoms with van der Waals surface area (Å²) in [6, 6.07) is 0. The Bertz CT molecular complexity index is 1940. The summed E-state index contributed by atoms with van der Waals surface area (Å²) in [5.74, 6) is 0.970. The molecular formula is C80H156O17P2. The summed E-state index contributed by atoms with van der Waals surface area (Å²) in [4.78, 5) is 73.0. The molecule has 0 fully saturated rings. The number of aliphatic hydroxyl groups is 1. The number of carbonyl (C=O) groups excluding carboxylic acids is 4. The number of carbonyl (C=O) groups is 4. The minimum atomic E-state index is -4.96. The quantitative estimate of drug-likeness (QED) is 0.0222. The molecule has 0 saturated heterocycles. The van der Waals surface area contributed by atoms with Crippen LogP contribution in [0.15, 0.2) is 0 Å². The van der Waals surface area contributed by atoms with Crippen molar-refractivity contribution < 1.29 is 80.2 Å². The molecule has 0 rings (SSSR count). The van der Waals surface area contributed by atoms with Crippen molar-refractivity contribution in [1.82, 2.24) is 0 Å². The molecule has 0 radical (unpaired) electrons. The maximum atomic E-state index is 13.1. The maximum Gasteiger partial charge on any atom is 0.472 e. The summed E-state index contributed by atoms with van der Waals surface area (Å²) in [6.45, 7) is 14.2. The predicted molar refractivity (Wildman–Crippen MR) is 404 cm³/mol. The Morgan fingerprint density at radius 2 is 0.485 bits per heavy atom. The second-order valence-electron chi connectivity index (χ2n) is 30.5. The van der Waals surface area contributed by atoms with Gasteiger partial charge >= 0.3 is 39.5 Å². The van der Waals surface area contributed by atoms with E-state index >= 15 is 0 Å². The highest BCUT2D eigenvalue weighted by Crippen LogP contribution is 2.45. The number of rotatable bonds is 77. The third-order valence-corrected chi connectivity index (χ3v) is 20.8. The highest BCUT2D eigenvalue weighted by Gasteiger charge is 2.30. The van der Waals surface area contributed by atoms with Crippen LogP contribution >= 0.6 is 15.6 Å². The highest BCUT2D eigenvalue weighted by molar-refractivity contribution is 7.47. The summed E-state index contributed by atoms with van der Waals surface area (Å²) < 4.78 is 68.7. The number of esters is 4. The van der Waals surface area contributed by atoms with Gasteiger partial charge in [0.05, 0.1) is 26.4 Å². The van der Waals surface area contributed by atoms with Crippen molar-refractivity contribution in [1.29, 1.82) is 0 Å². The minimum absolute atomic E-state index is 0.107. The fourth-order valence-corrected chi connectivity index (χ4v) is 13.8. The first-order valence-corrected chi connectivity index (χ1v) is 44.2. The van der Waals surface area contributed by atoms with E-state index in [0.29, 0.717) is 25.7 Å². The lowest BCUT2D eigenvalue weighted by Crippen LogP contribution is -2.30. The zero-order valence-corrected chi connectivity index (χ0v) is 66.9. The van der Waals surface area contributed by atoms with Crippen LogP contribution in [0.1, 0.15) is 409 Å². The van der Waals surface area contributed by atoms with Crippen molar-refractivity contribution in [3.8, 4) is 0 Å². The summed E-state index contributed by atoms with van der Waals surface area (Å²) >= 11 is 0. The summed E-state index contributed by atoms with van der Waals surface area (Å²) in [6.07, 6.45) is 55.6. The summed E-state index contributed by atoms with van der Waals surface area (Å²) in [7, 11) is -9.92. The lowest BCUT2D eigenvalue weighted by atomic mass is 10.00. The topological polar surface area (TPSA) is 237 Å². The van der Waals surface area contributed by atoms with Crippen LogP contribution in [0.4, 0.5) is 0 Å². The van der Waals surface area contributed by atoms with Gasteiger partial charge < -0.3 is 33.8 Å². The summed E-state index contributed by atoms with van der Waals surface area (Å²) in [5, 5.41) is 10.6. The summed E-state index contributed by atoms with van der Waals surface area (Å²) in [5.41, 5.74) is 0. The Morgan fingerprint density at radius 1 is 0.283 bits per heavy atom. The molecule has 0 spiro atoms. The lowest BCUT2D eigenvalue weighted by Gasteiger charge is -2.21. The molecule has 0 heterocycles. The SMILES string of the molecule is CCC(C)CCCCCCCCC(=O)OC[C@H](COP(=O)(O)OC[C@H](O)COP(=O)(O)OC[C@@H](COC(=O)CCCCCCCCCCCC(C)C)OC(=O)CCCCCCCCCCCCCCCCCC(C)C)OC(=O)CCCCCCCCCCCCCCCCCCC(C)C. The molecule has 0 aromatic carbocycles. The second-order valence-corrected chi connectivity index (χ2v) is 33.4. The van der Waals surface area contributed by atoms with Crippen LogP contribution in [-0.2, 0) is 65.4 Å². The number of unbranched alkanes of at least 4 members (excludes halogenated alkanes) is 42. The zero-order valence-electron chi connectivity index (χ0n) is 65.1. The third-order valence-electron chi connectivity index (χ3n) is 18.9. The van der Waals surface area contributed by atoms with E-state index in [1.165, 1.54) is 205 Å². The van der Waals surface area contributed by atoms with Crippen LogP contribution in [0.3, 0.4) is 0 Å². The van der Waals surface area contributed by atoms with Gasteiger partial charge in [-0.1, -0.05) is 357 Å². The molecule has 0 amide bonds. The molecule has 0 aliphatic heterocycles. The van der Waals surface area contributed by atoms with Crippen molar-refractivity contribution >= 4 is 39.5 Å². The fourth-order valence-electron chi connectivity index (χ4n) is 12.2. The van der Waals surface area contributed by atoms with E-state index < -0.39 is 97.5 Å². The van der Waals surface area contributed by atoms with E-state index in [4.69, 9.17) is 37.0 Å². The molecule has 99 heavy (non-hydrogen) atoms. The minimum Gasteiger partial charge on any atom is -0.462 e. The van der Waals surface area contributed by atoms with Crippen molar-refractivity contribution in [2.24, 2.45) is 23.7 Å². The predicted octanol–water partition coefficient (Wildman–Crippen LogP) is 23.6. The first-order chi connectivity index (χ1) is 47.6. The number of ether oxygens (including phenoxy) is 4. The van der Waals surface area contributed by atoms with E-state index in [0.717, 1.165) is 120 Å². The molecule has 0 aromatic heterocycles. The van der Waals surface area contributed by atoms with Crippen molar-refractivity contribution in [3.05, 3.63) is 0 Å². The fraction of sp³-hybridized carbons (Fsp3) is 0.950. The molecule has 588 valence electrons. The smallest absolute Gasteiger partial charge is 0.462 e. The molecule has 0 saturated carbocycles. The van der Waals surface area contributed by atoms with Gasteiger partial charge in [0.25, 0.3) is 0 Å². The molecule has 0 aliphatic carbocycles. The Kier molecular flexibility index (Phi) is 67.8. The Hall–Kier alpha value is -1.94. The van der Waals surface area contributed by atoms with Gasteiger partial charge in [-0.3, -0.25) is 37.3 Å². The van der Waals surface area contributed by atoms with Crippen LogP contribution in [-0.4, -0.2) is 96.7 Å². The maximum absolute atomic E-state index is 13.1. The lowest BCUT2D eigenvalue weighted by molar-refractivity contribution is -0.161. The van der Waals surface area contributed by atoms with Gasteiger partial charge in [0.2, 0.25) is 0 Å². The largest absolute Gasteiger partial charge is 0.472 e. The highest BCUT2D eigenvalue weighted by atomic mass is 31.2. The number of hydrogen-bond acceptors (Lipinski definition) is 15. The molecular weight excluding hydrogens is 1290 g/mol. The molecule has 3 N–H and O–H groups in total. The van der Waals surface area contributed by atoms with Gasteiger partial charge in [-0.25, -0.2) is 9.13 Å². The van der Waals surface area contributed by atoms with E-state index in [9.17, 15) is 43.2 Å². The van der Waals surface area contributed by atoms with Gasteiger partial charge in [0, 0.05) is 25.7 Å². The molecule has 0 aromatic rings. The monoisotopic (exact) mass is 1450 g/mol. The van der Waals surface area contributed by atoms with Crippen molar-refractivity contribution in [2.75, 3.05) is 39.6 Å². The van der Waals surface area contributed by atoms with E-state index in [1.54, 1.807) is 0 Å². The van der Waals surface area contributed by atoms with Crippen LogP contribution < -0.4 is 0 Å². The van der Waals surface area contributed by atoms with Crippen LogP contribution in [0.5, 0.6) is 0 Å². The first-order valence-electron chi connectivity index (χ1n) is 41.2. The van der Waals surface area contributed by atoms with Crippen LogP contribution in [0, 0.1) is 23.7 Å². The second kappa shape index (κ2) is 69.1. The average molecular weight is 1450 g/mol. The normalized spacial score (nSPS) is 14.3. The van der Waals surface area contributed by atoms with E-state index in [-0.39, 0.29) is 25.7 Å². The third kappa shape index (κ3) is 72.8. The van der Waals surface area contributed by atoms with Crippen LogP contribution in [0.2, 0.25) is 0 Å². The average Bonchev–Trinajstić information content (AvgIpc) is 0.950. The van der Waals surface area contributed by atoms with E-state index in [2.05, 4.69) is 55.4 Å². The molecule has 3 unspecified atom stereocenters. The van der Waals surface area contributed by atoms with Crippen LogP contribution in [0.25, 0.3) is 0 Å². The first kappa shape index (κ1) is 97.1. The van der Waals surface area contributed by atoms with Gasteiger partial charge in [0.1, 0.15) is 19.3 Å². The number of aliphatic hydroxyl groups excluding tert-OH is 1. The number of phosphoric ester groups is 2. The molecule has 0 bridgehead atoms. The number of hydrogen-bond donors (Lipinski definition) is 3. The van der Waals surface area contributed by atoms with Gasteiger partial charge in [-0.2, -0.15) is 0 Å². The number of phosphoric acid groups is 2. The molecule has 0 aliphatic rings. The standard InChI is InChI=1S/C80H156O17P2/c1-9-73(8)59-51-43-38-39-45-53-61-78(83)91-67-76(97-80(85)63-54-46-36-29-23-19-15-11-10-13-17-21-26-32-40-48-56-70(2)3)69-95-99(88,89)93-65-74(81)64-92-98(86,87)94-68-75(66-90-77(82)60-52-44-35-31-25-28-34-42-50-58-72(6)7)96-79(84)62-55-47-37-30-24-20-16-12-14-18-22-27-33-41-49-57-71(4)5/h70-76,81H,9-69H2,1-8H3,(H,86,87)(H,88,89)/t73?,74-,75-,76-/m1/s1. The molecule has 17 nitrogen and oxygen atoms in total. The van der Waals surface area contributed by atoms with Crippen molar-refractivity contribution in [2.45, 2.75) is 427 Å².